The van der Waals surface area contributed by atoms with Gasteiger partial charge in [0.1, 0.15) is 18.5 Å². The van der Waals surface area contributed by atoms with Crippen molar-refractivity contribution in [2.45, 2.75) is 36.5 Å². The van der Waals surface area contributed by atoms with Crippen molar-refractivity contribution in [3.05, 3.63) is 48.5 Å². The third-order valence-corrected chi connectivity index (χ3v) is 5.63. The minimum absolute atomic E-state index is 0.107. The van der Waals surface area contributed by atoms with Gasteiger partial charge in [-0.3, -0.25) is 4.79 Å². The summed E-state index contributed by atoms with van der Waals surface area (Å²) in [4.78, 5) is 14.6. The Morgan fingerprint density at radius 2 is 2.04 bits per heavy atom. The number of para-hydroxylation sites is 1. The molecule has 0 fully saturated rings. The molecule has 2 aromatic rings. The van der Waals surface area contributed by atoms with E-state index < -0.39 is 6.10 Å². The second-order valence-corrected chi connectivity index (χ2v) is 8.28. The number of carbonyl (C=O) groups excluding carboxylic acids is 1. The zero-order chi connectivity index (χ0) is 19.2. The van der Waals surface area contributed by atoms with Crippen molar-refractivity contribution in [1.29, 1.82) is 0 Å². The summed E-state index contributed by atoms with van der Waals surface area (Å²) < 4.78 is 5.72. The highest BCUT2D eigenvalue weighted by Gasteiger charge is 2.21. The van der Waals surface area contributed by atoms with Crippen LogP contribution in [0.2, 0.25) is 0 Å². The molecule has 6 heteroatoms. The normalized spacial score (nSPS) is 17.6. The second-order valence-electron chi connectivity index (χ2n) is 6.80. The van der Waals surface area contributed by atoms with Crippen LogP contribution in [0.3, 0.4) is 0 Å². The van der Waals surface area contributed by atoms with Crippen molar-refractivity contribution in [2.24, 2.45) is 0 Å². The van der Waals surface area contributed by atoms with Gasteiger partial charge in [-0.1, -0.05) is 19.1 Å². The van der Waals surface area contributed by atoms with E-state index in [2.05, 4.69) is 35.3 Å². The first kappa shape index (κ1) is 19.6. The monoisotopic (exact) mass is 386 g/mol. The van der Waals surface area contributed by atoms with Crippen LogP contribution < -0.4 is 15.0 Å². The van der Waals surface area contributed by atoms with Gasteiger partial charge >= 0.3 is 0 Å². The fourth-order valence-electron chi connectivity index (χ4n) is 3.08. The number of β-amino-alcohol motifs (C(OH)–C–C–N with tert-alkyl or cyclic N) is 1. The molecule has 2 unspecified atom stereocenters. The lowest BCUT2D eigenvalue weighted by Gasteiger charge is -2.27. The van der Waals surface area contributed by atoms with Crippen LogP contribution in [-0.2, 0) is 4.79 Å². The molecule has 3 rings (SSSR count). The van der Waals surface area contributed by atoms with Gasteiger partial charge in [-0.15, -0.1) is 11.8 Å². The number of hydrogen-bond donors (Lipinski definition) is 2. The van der Waals surface area contributed by atoms with E-state index in [-0.39, 0.29) is 12.5 Å². The predicted molar refractivity (Wildman–Crippen MR) is 111 cm³/mol. The van der Waals surface area contributed by atoms with Gasteiger partial charge < -0.3 is 20.1 Å². The average Bonchev–Trinajstić information content (AvgIpc) is 2.79. The molecule has 0 saturated heterocycles. The maximum atomic E-state index is 11.1. The standard InChI is InChI=1S/C21H26N2O3S/c1-15-11-12-23(20-5-3-4-6-21(20)27-15)13-18(25)14-26-19-9-7-17(8-10-19)22-16(2)24/h3-10,15,18,25H,11-14H2,1-2H3,(H,22,24). The summed E-state index contributed by atoms with van der Waals surface area (Å²) in [6, 6.07) is 15.5. The maximum absolute atomic E-state index is 11.1. The van der Waals surface area contributed by atoms with Crippen molar-refractivity contribution >= 4 is 29.0 Å². The minimum atomic E-state index is -0.591. The van der Waals surface area contributed by atoms with Crippen molar-refractivity contribution in [2.75, 3.05) is 29.9 Å². The quantitative estimate of drug-likeness (QED) is 0.791. The van der Waals surface area contributed by atoms with Crippen LogP contribution in [0.4, 0.5) is 11.4 Å². The van der Waals surface area contributed by atoms with E-state index in [0.717, 1.165) is 18.7 Å². The van der Waals surface area contributed by atoms with Crippen LogP contribution in [-0.4, -0.2) is 42.1 Å². The Labute approximate surface area is 164 Å². The Morgan fingerprint density at radius 1 is 1.30 bits per heavy atom. The molecular formula is C21H26N2O3S. The van der Waals surface area contributed by atoms with E-state index >= 15 is 0 Å². The van der Waals surface area contributed by atoms with Crippen LogP contribution >= 0.6 is 11.8 Å². The summed E-state index contributed by atoms with van der Waals surface area (Å²) in [6.45, 7) is 5.40. The van der Waals surface area contributed by atoms with Gasteiger partial charge in [-0.05, 0) is 42.8 Å². The number of nitrogens with zero attached hydrogens (tertiary/aromatic N) is 1. The highest BCUT2D eigenvalue weighted by molar-refractivity contribution is 8.00. The summed E-state index contributed by atoms with van der Waals surface area (Å²) >= 11 is 1.89. The number of nitrogens with one attached hydrogen (secondary N) is 1. The average molecular weight is 387 g/mol. The molecule has 0 spiro atoms. The van der Waals surface area contributed by atoms with E-state index in [9.17, 15) is 9.90 Å². The Hall–Kier alpha value is -2.18. The molecule has 0 radical (unpaired) electrons. The van der Waals surface area contributed by atoms with E-state index in [1.165, 1.54) is 17.5 Å². The molecule has 1 aliphatic rings. The number of thioether (sulfide) groups is 1. The zero-order valence-corrected chi connectivity index (χ0v) is 16.5. The largest absolute Gasteiger partial charge is 0.491 e. The number of amides is 1. The summed E-state index contributed by atoms with van der Waals surface area (Å²) in [5, 5.41) is 13.8. The maximum Gasteiger partial charge on any atom is 0.221 e. The van der Waals surface area contributed by atoms with E-state index in [1.54, 1.807) is 24.3 Å². The molecule has 2 aromatic carbocycles. The first-order chi connectivity index (χ1) is 13.0. The summed E-state index contributed by atoms with van der Waals surface area (Å²) in [6.07, 6.45) is 0.490. The van der Waals surface area contributed by atoms with Crippen molar-refractivity contribution in [3.8, 4) is 5.75 Å². The topological polar surface area (TPSA) is 61.8 Å². The van der Waals surface area contributed by atoms with Crippen LogP contribution in [0.25, 0.3) is 0 Å². The number of fused-ring (bicyclic) bond motifs is 1. The molecule has 0 saturated carbocycles. The number of carbonyl (C=O) groups is 1. The third kappa shape index (κ3) is 5.65. The van der Waals surface area contributed by atoms with Crippen molar-refractivity contribution < 1.29 is 14.6 Å². The fourth-order valence-corrected chi connectivity index (χ4v) is 4.21. The van der Waals surface area contributed by atoms with Gasteiger partial charge in [-0.25, -0.2) is 0 Å². The van der Waals surface area contributed by atoms with Gasteiger partial charge in [0.05, 0.1) is 5.69 Å². The smallest absolute Gasteiger partial charge is 0.221 e. The molecule has 0 aliphatic carbocycles. The number of rotatable bonds is 6. The first-order valence-electron chi connectivity index (χ1n) is 9.20. The Kier molecular flexibility index (Phi) is 6.63. The molecule has 144 valence electrons. The van der Waals surface area contributed by atoms with Crippen molar-refractivity contribution in [3.63, 3.8) is 0 Å². The van der Waals surface area contributed by atoms with Crippen LogP contribution in [0, 0.1) is 0 Å². The number of aliphatic hydroxyl groups excluding tert-OH is 1. The number of hydrogen-bond acceptors (Lipinski definition) is 5. The van der Waals surface area contributed by atoms with Gasteiger partial charge in [0.15, 0.2) is 0 Å². The Bertz CT molecular complexity index is 766. The molecule has 2 N–H and O–H groups in total. The van der Waals surface area contributed by atoms with E-state index in [0.29, 0.717) is 17.5 Å². The molecule has 1 heterocycles. The van der Waals surface area contributed by atoms with Gasteiger partial charge in [0.2, 0.25) is 5.91 Å². The fraction of sp³-hybridized carbons (Fsp3) is 0.381. The van der Waals surface area contributed by atoms with Crippen LogP contribution in [0.15, 0.2) is 53.4 Å². The minimum Gasteiger partial charge on any atom is -0.491 e. The van der Waals surface area contributed by atoms with E-state index in [1.807, 2.05) is 17.8 Å². The Morgan fingerprint density at radius 3 is 2.78 bits per heavy atom. The summed E-state index contributed by atoms with van der Waals surface area (Å²) in [7, 11) is 0. The lowest BCUT2D eigenvalue weighted by molar-refractivity contribution is -0.114. The SMILES string of the molecule is CC(=O)Nc1ccc(OCC(O)CN2CCC(C)Sc3ccccc32)cc1. The molecule has 2 atom stereocenters. The Balaban J connectivity index is 1.56. The van der Waals surface area contributed by atoms with Crippen LogP contribution in [0.1, 0.15) is 20.3 Å². The molecule has 0 bridgehead atoms. The first-order valence-corrected chi connectivity index (χ1v) is 10.1. The third-order valence-electron chi connectivity index (χ3n) is 4.39. The predicted octanol–water partition coefficient (Wildman–Crippen LogP) is 3.78. The van der Waals surface area contributed by atoms with Gasteiger partial charge in [0, 0.05) is 35.8 Å². The molecule has 1 amide bonds. The molecule has 27 heavy (non-hydrogen) atoms. The number of ether oxygens (including phenoxy) is 1. The van der Waals surface area contributed by atoms with Gasteiger partial charge in [0.25, 0.3) is 0 Å². The highest BCUT2D eigenvalue weighted by Crippen LogP contribution is 2.37. The number of benzene rings is 2. The highest BCUT2D eigenvalue weighted by atomic mass is 32.2. The van der Waals surface area contributed by atoms with Gasteiger partial charge in [-0.2, -0.15) is 0 Å². The summed E-state index contributed by atoms with van der Waals surface area (Å²) in [5.41, 5.74) is 1.91. The number of aliphatic hydroxyl groups is 1. The molecule has 5 nitrogen and oxygen atoms in total. The second kappa shape index (κ2) is 9.15. The molecule has 0 aromatic heterocycles. The lowest BCUT2D eigenvalue weighted by atomic mass is 10.2. The molecule has 1 aliphatic heterocycles. The lowest BCUT2D eigenvalue weighted by Crippen LogP contribution is -2.36. The van der Waals surface area contributed by atoms with E-state index in [4.69, 9.17) is 4.74 Å². The summed E-state index contributed by atoms with van der Waals surface area (Å²) in [5.74, 6) is 0.563. The number of anilines is 2. The molecular weight excluding hydrogens is 360 g/mol. The van der Waals surface area contributed by atoms with Crippen LogP contribution in [0.5, 0.6) is 5.75 Å². The van der Waals surface area contributed by atoms with Crippen molar-refractivity contribution in [1.82, 2.24) is 0 Å². The zero-order valence-electron chi connectivity index (χ0n) is 15.7.